The van der Waals surface area contributed by atoms with Gasteiger partial charge in [0.2, 0.25) is 5.91 Å². The predicted molar refractivity (Wildman–Crippen MR) is 83.9 cm³/mol. The van der Waals surface area contributed by atoms with E-state index in [2.05, 4.69) is 10.3 Å². The molecule has 22 heavy (non-hydrogen) atoms. The van der Waals surface area contributed by atoms with E-state index in [0.717, 1.165) is 4.96 Å². The number of likely N-dealkylation sites (N-methyl/N-ethyl adjacent to an activating group) is 1. The van der Waals surface area contributed by atoms with Gasteiger partial charge in [0.1, 0.15) is 11.7 Å². The smallest absolute Gasteiger partial charge is 0.273 e. The Hall–Kier alpha value is -1.93. The fourth-order valence-electron chi connectivity index (χ4n) is 2.92. The Labute approximate surface area is 132 Å². The third kappa shape index (κ3) is 2.38. The topological polar surface area (TPSA) is 92.7 Å². The zero-order valence-electron chi connectivity index (χ0n) is 12.6. The number of carbonyl (C=O) groups excluding carboxylic acids is 2. The molecule has 2 aromatic heterocycles. The normalized spacial score (nSPS) is 21.5. The number of likely N-dealkylation sites (tertiary alicyclic amines) is 1. The lowest BCUT2D eigenvalue weighted by Crippen LogP contribution is -2.46. The Kier molecular flexibility index (Phi) is 3.88. The maximum Gasteiger partial charge on any atom is 0.273 e. The van der Waals surface area contributed by atoms with Gasteiger partial charge in [-0.2, -0.15) is 0 Å². The Morgan fingerprint density at radius 1 is 1.55 bits per heavy atom. The summed E-state index contributed by atoms with van der Waals surface area (Å²) >= 11 is 1.48. The molecule has 2 amide bonds. The average Bonchev–Trinajstić information content (AvgIpc) is 3.12. The van der Waals surface area contributed by atoms with Crippen molar-refractivity contribution in [2.75, 3.05) is 13.1 Å². The quantitative estimate of drug-likeness (QED) is 0.855. The number of nitrogens with two attached hydrogens (primary N) is 1. The van der Waals surface area contributed by atoms with Crippen molar-refractivity contribution in [2.24, 2.45) is 5.73 Å². The number of amides is 2. The van der Waals surface area contributed by atoms with Gasteiger partial charge in [-0.05, 0) is 20.3 Å². The minimum Gasteiger partial charge on any atom is -0.355 e. The highest BCUT2D eigenvalue weighted by Gasteiger charge is 2.39. The largest absolute Gasteiger partial charge is 0.355 e. The number of carbonyl (C=O) groups is 2. The number of aromatic nitrogens is 2. The van der Waals surface area contributed by atoms with Gasteiger partial charge in [0, 0.05) is 30.7 Å². The molecular formula is C14H19N5O2S. The van der Waals surface area contributed by atoms with Crippen LogP contribution in [0.4, 0.5) is 0 Å². The van der Waals surface area contributed by atoms with Crippen molar-refractivity contribution in [1.82, 2.24) is 19.6 Å². The summed E-state index contributed by atoms with van der Waals surface area (Å²) in [5, 5.41) is 4.66. The molecule has 0 unspecified atom stereocenters. The molecule has 3 heterocycles. The van der Waals surface area contributed by atoms with E-state index in [1.807, 2.05) is 25.4 Å². The van der Waals surface area contributed by atoms with E-state index in [-0.39, 0.29) is 17.9 Å². The molecule has 118 valence electrons. The summed E-state index contributed by atoms with van der Waals surface area (Å²) < 4.78 is 1.78. The lowest BCUT2D eigenvalue weighted by atomic mass is 10.1. The summed E-state index contributed by atoms with van der Waals surface area (Å²) in [6, 6.07) is -0.686. The molecule has 0 saturated carbocycles. The molecule has 1 aliphatic heterocycles. The zero-order valence-corrected chi connectivity index (χ0v) is 13.4. The number of fused-ring (bicyclic) bond motifs is 1. The Morgan fingerprint density at radius 3 is 3.05 bits per heavy atom. The van der Waals surface area contributed by atoms with Gasteiger partial charge in [-0.15, -0.1) is 11.3 Å². The van der Waals surface area contributed by atoms with E-state index in [1.54, 1.807) is 9.30 Å². The molecule has 0 bridgehead atoms. The van der Waals surface area contributed by atoms with Crippen LogP contribution in [0, 0.1) is 6.92 Å². The van der Waals surface area contributed by atoms with Crippen molar-refractivity contribution in [3.8, 4) is 0 Å². The molecule has 0 spiro atoms. The van der Waals surface area contributed by atoms with Gasteiger partial charge in [0.05, 0.1) is 5.69 Å². The van der Waals surface area contributed by atoms with E-state index in [1.165, 1.54) is 11.3 Å². The van der Waals surface area contributed by atoms with E-state index in [4.69, 9.17) is 5.73 Å². The molecule has 8 heteroatoms. The third-order valence-corrected chi connectivity index (χ3v) is 4.64. The number of nitrogens with one attached hydrogen (secondary N) is 1. The van der Waals surface area contributed by atoms with E-state index < -0.39 is 6.04 Å². The molecule has 2 aromatic rings. The minimum atomic E-state index is -0.508. The van der Waals surface area contributed by atoms with Gasteiger partial charge >= 0.3 is 0 Å². The van der Waals surface area contributed by atoms with Crippen molar-refractivity contribution >= 4 is 28.1 Å². The summed E-state index contributed by atoms with van der Waals surface area (Å²) in [6.07, 6.45) is 2.31. The molecule has 1 aliphatic rings. The monoisotopic (exact) mass is 321 g/mol. The first-order valence-corrected chi connectivity index (χ1v) is 8.17. The number of nitrogens with zero attached hydrogens (tertiary/aromatic N) is 3. The number of hydrogen-bond donors (Lipinski definition) is 2. The van der Waals surface area contributed by atoms with Crippen molar-refractivity contribution in [2.45, 2.75) is 32.4 Å². The second-order valence-corrected chi connectivity index (χ2v) is 6.34. The highest BCUT2D eigenvalue weighted by atomic mass is 32.1. The molecule has 0 radical (unpaired) electrons. The summed E-state index contributed by atoms with van der Waals surface area (Å²) in [5.41, 5.74) is 7.16. The summed E-state index contributed by atoms with van der Waals surface area (Å²) in [6.45, 7) is 4.59. The first kappa shape index (κ1) is 15.0. The molecule has 3 rings (SSSR count). The van der Waals surface area contributed by atoms with Gasteiger partial charge in [-0.3, -0.25) is 14.0 Å². The number of thiazole rings is 1. The van der Waals surface area contributed by atoms with Crippen LogP contribution in [0.1, 0.15) is 29.5 Å². The first-order valence-electron chi connectivity index (χ1n) is 7.29. The molecule has 0 aromatic carbocycles. The van der Waals surface area contributed by atoms with E-state index in [9.17, 15) is 9.59 Å². The molecule has 1 fully saturated rings. The van der Waals surface area contributed by atoms with Crippen LogP contribution in [0.3, 0.4) is 0 Å². The predicted octanol–water partition coefficient (Wildman–Crippen LogP) is 0.382. The average molecular weight is 321 g/mol. The molecule has 7 nitrogen and oxygen atoms in total. The van der Waals surface area contributed by atoms with Crippen molar-refractivity contribution in [3.63, 3.8) is 0 Å². The standard InChI is InChI=1S/C14H19N5O2S/c1-3-16-12(20)10-6-9(15)7-19(10)13(21)11-8(2)17-14-18(11)4-5-22-14/h4-5,9-10H,3,6-7,15H2,1-2H3,(H,16,20)/t9-,10-/m0/s1. The summed E-state index contributed by atoms with van der Waals surface area (Å²) in [5.74, 6) is -0.333. The van der Waals surface area contributed by atoms with Crippen LogP contribution in [-0.2, 0) is 4.79 Å². The number of imidazole rings is 1. The van der Waals surface area contributed by atoms with Gasteiger partial charge in [-0.1, -0.05) is 0 Å². The maximum atomic E-state index is 12.9. The summed E-state index contributed by atoms with van der Waals surface area (Å²) in [7, 11) is 0. The lowest BCUT2D eigenvalue weighted by Gasteiger charge is -2.23. The van der Waals surface area contributed by atoms with Crippen LogP contribution < -0.4 is 11.1 Å². The highest BCUT2D eigenvalue weighted by Crippen LogP contribution is 2.23. The first-order chi connectivity index (χ1) is 10.5. The molecule has 3 N–H and O–H groups in total. The van der Waals surface area contributed by atoms with Crippen molar-refractivity contribution in [3.05, 3.63) is 23.0 Å². The molecular weight excluding hydrogens is 302 g/mol. The Balaban J connectivity index is 1.94. The van der Waals surface area contributed by atoms with Crippen molar-refractivity contribution < 1.29 is 9.59 Å². The van der Waals surface area contributed by atoms with Gasteiger partial charge < -0.3 is 16.0 Å². The van der Waals surface area contributed by atoms with Gasteiger partial charge in [-0.25, -0.2) is 4.98 Å². The fraction of sp³-hybridized carbons (Fsp3) is 0.500. The fourth-order valence-corrected chi connectivity index (χ4v) is 3.68. The molecule has 0 aliphatic carbocycles. The lowest BCUT2D eigenvalue weighted by molar-refractivity contribution is -0.124. The van der Waals surface area contributed by atoms with Crippen LogP contribution >= 0.6 is 11.3 Å². The third-order valence-electron chi connectivity index (χ3n) is 3.89. The zero-order chi connectivity index (χ0) is 15.9. The van der Waals surface area contributed by atoms with Crippen LogP contribution in [0.5, 0.6) is 0 Å². The maximum absolute atomic E-state index is 12.9. The molecule has 1 saturated heterocycles. The van der Waals surface area contributed by atoms with E-state index in [0.29, 0.717) is 30.9 Å². The molecule has 2 atom stereocenters. The Bertz CT molecular complexity index is 722. The SMILES string of the molecule is CCNC(=O)[C@@H]1C[C@H](N)CN1C(=O)c1c(C)nc2sccn12. The van der Waals surface area contributed by atoms with Crippen LogP contribution in [0.15, 0.2) is 11.6 Å². The van der Waals surface area contributed by atoms with Crippen molar-refractivity contribution in [1.29, 1.82) is 0 Å². The van der Waals surface area contributed by atoms with Gasteiger partial charge in [0.15, 0.2) is 4.96 Å². The second-order valence-electron chi connectivity index (χ2n) is 5.47. The number of rotatable bonds is 3. The minimum absolute atomic E-state index is 0.146. The van der Waals surface area contributed by atoms with Crippen LogP contribution in [-0.4, -0.2) is 51.3 Å². The van der Waals surface area contributed by atoms with Crippen LogP contribution in [0.25, 0.3) is 4.96 Å². The Morgan fingerprint density at radius 2 is 2.32 bits per heavy atom. The summed E-state index contributed by atoms with van der Waals surface area (Å²) in [4.78, 5) is 31.9. The van der Waals surface area contributed by atoms with E-state index >= 15 is 0 Å². The van der Waals surface area contributed by atoms with Crippen LogP contribution in [0.2, 0.25) is 0 Å². The highest BCUT2D eigenvalue weighted by molar-refractivity contribution is 7.15. The second kappa shape index (κ2) is 5.69. The number of aryl methyl sites for hydroxylation is 1. The number of hydrogen-bond acceptors (Lipinski definition) is 5. The van der Waals surface area contributed by atoms with Gasteiger partial charge in [0.25, 0.3) is 5.91 Å².